The smallest absolute Gasteiger partial charge is 0.341 e. The highest BCUT2D eigenvalue weighted by atomic mass is 31.2. The first kappa shape index (κ1) is 28.4. The molecule has 5 aromatic rings. The van der Waals surface area contributed by atoms with Crippen molar-refractivity contribution in [2.75, 3.05) is 10.6 Å². The molecule has 210 valence electrons. The van der Waals surface area contributed by atoms with Crippen LogP contribution in [0.25, 0.3) is 21.8 Å². The zero-order chi connectivity index (χ0) is 29.5. The van der Waals surface area contributed by atoms with Crippen LogP contribution in [0.1, 0.15) is 27.6 Å². The van der Waals surface area contributed by atoms with E-state index >= 15 is 0 Å². The van der Waals surface area contributed by atoms with Crippen LogP contribution in [-0.2, 0) is 15.7 Å². The fourth-order valence-corrected chi connectivity index (χ4v) is 5.69. The van der Waals surface area contributed by atoms with E-state index in [1.165, 1.54) is 48.5 Å². The molecule has 0 fully saturated rings. The summed E-state index contributed by atoms with van der Waals surface area (Å²) in [4.78, 5) is 63.2. The van der Waals surface area contributed by atoms with Gasteiger partial charge in [0.15, 0.2) is 0 Å². The van der Waals surface area contributed by atoms with E-state index in [4.69, 9.17) is 0 Å². The molecule has 0 radical (unpaired) electrons. The molecule has 0 aliphatic rings. The number of nitrogens with one attached hydrogen (secondary N) is 2. The summed E-state index contributed by atoms with van der Waals surface area (Å²) in [5.74, 6) is -0.832. The normalized spacial score (nSPS) is 12.0. The maximum Gasteiger partial charge on any atom is 0.356 e. The van der Waals surface area contributed by atoms with E-state index in [9.17, 15) is 38.3 Å². The van der Waals surface area contributed by atoms with Gasteiger partial charge in [0.2, 0.25) is 0 Å². The number of amides is 2. The molecule has 2 amide bonds. The molecule has 6 N–H and O–H groups in total. The van der Waals surface area contributed by atoms with Gasteiger partial charge in [-0.25, -0.2) is 0 Å². The molecule has 41 heavy (non-hydrogen) atoms. The second-order valence-corrected chi connectivity index (χ2v) is 12.5. The number of aryl methyl sites for hydroxylation is 1. The first-order chi connectivity index (χ1) is 19.3. The van der Waals surface area contributed by atoms with Crippen molar-refractivity contribution in [3.05, 3.63) is 96.1 Å². The van der Waals surface area contributed by atoms with Gasteiger partial charge in [-0.3, -0.25) is 18.7 Å². The number of carbonyl (C=O) groups excluding carboxylic acids is 2. The van der Waals surface area contributed by atoms with Crippen LogP contribution in [0.5, 0.6) is 0 Å². The summed E-state index contributed by atoms with van der Waals surface area (Å²) in [7, 11) is -8.79. The first-order valence-electron chi connectivity index (χ1n) is 12.4. The molecule has 1 aromatic heterocycles. The average Bonchev–Trinajstić information content (AvgIpc) is 3.24. The average molecular weight is 593 g/mol. The standard InChI is InChI=1S/C28H25N3O8P2/c1-2-31-25-13-3-17(27(32)29-19-5-9-21(10-6-19)40(34,35)36)15-23(25)24-16-18(4-14-26(24)31)28(33)30-20-7-11-22(12-8-20)41(37,38)39/h3-16H,2H2,1H3,(H,29,32)(H,30,33)(H2,34,35,36)(H2,37,38,39). The number of fused-ring (bicyclic) bond motifs is 3. The molecule has 0 saturated heterocycles. The third kappa shape index (κ3) is 5.87. The van der Waals surface area contributed by atoms with Gasteiger partial charge in [0.25, 0.3) is 11.8 Å². The Labute approximate surface area is 233 Å². The van der Waals surface area contributed by atoms with Crippen LogP contribution in [0, 0.1) is 0 Å². The lowest BCUT2D eigenvalue weighted by atomic mass is 10.1. The maximum absolute atomic E-state index is 13.0. The van der Waals surface area contributed by atoms with Crippen molar-refractivity contribution in [1.82, 2.24) is 4.57 Å². The summed E-state index contributed by atoms with van der Waals surface area (Å²) in [5, 5.41) is 6.67. The maximum atomic E-state index is 13.0. The number of hydrogen-bond donors (Lipinski definition) is 6. The Bertz CT molecular complexity index is 1770. The third-order valence-corrected chi connectivity index (χ3v) is 8.57. The Morgan fingerprint density at radius 2 is 1.00 bits per heavy atom. The molecular formula is C28H25N3O8P2. The van der Waals surface area contributed by atoms with E-state index < -0.39 is 27.0 Å². The summed E-state index contributed by atoms with van der Waals surface area (Å²) < 4.78 is 24.9. The van der Waals surface area contributed by atoms with Gasteiger partial charge in [-0.15, -0.1) is 0 Å². The van der Waals surface area contributed by atoms with Crippen LogP contribution < -0.4 is 21.2 Å². The Kier molecular flexibility index (Phi) is 7.44. The van der Waals surface area contributed by atoms with Crippen LogP contribution in [-0.4, -0.2) is 36.0 Å². The summed E-state index contributed by atoms with van der Waals surface area (Å²) in [6.07, 6.45) is 0. The van der Waals surface area contributed by atoms with Gasteiger partial charge in [0.1, 0.15) is 0 Å². The Hall–Kier alpha value is -4.08. The molecule has 0 bridgehead atoms. The van der Waals surface area contributed by atoms with Crippen molar-refractivity contribution in [1.29, 1.82) is 0 Å². The zero-order valence-corrected chi connectivity index (χ0v) is 23.3. The molecule has 1 heterocycles. The Morgan fingerprint density at radius 3 is 1.32 bits per heavy atom. The Morgan fingerprint density at radius 1 is 0.634 bits per heavy atom. The molecular weight excluding hydrogens is 568 g/mol. The molecule has 0 unspecified atom stereocenters. The van der Waals surface area contributed by atoms with Crippen molar-refractivity contribution in [2.24, 2.45) is 0 Å². The molecule has 0 aliphatic carbocycles. The first-order valence-corrected chi connectivity index (χ1v) is 15.6. The van der Waals surface area contributed by atoms with Crippen LogP contribution in [0.4, 0.5) is 11.4 Å². The lowest BCUT2D eigenvalue weighted by Gasteiger charge is -2.08. The number of hydrogen-bond acceptors (Lipinski definition) is 4. The number of nitrogens with zero attached hydrogens (tertiary/aromatic N) is 1. The summed E-state index contributed by atoms with van der Waals surface area (Å²) in [5.41, 5.74) is 3.19. The second-order valence-electron chi connectivity index (χ2n) is 9.30. The summed E-state index contributed by atoms with van der Waals surface area (Å²) in [6, 6.07) is 21.2. The van der Waals surface area contributed by atoms with Gasteiger partial charge < -0.3 is 34.8 Å². The van der Waals surface area contributed by atoms with Gasteiger partial charge in [-0.2, -0.15) is 0 Å². The minimum Gasteiger partial charge on any atom is -0.341 e. The molecule has 5 rings (SSSR count). The lowest BCUT2D eigenvalue weighted by Crippen LogP contribution is -2.13. The van der Waals surface area contributed by atoms with Crippen molar-refractivity contribution in [3.8, 4) is 0 Å². The van der Waals surface area contributed by atoms with Gasteiger partial charge in [-0.05, 0) is 91.9 Å². The Balaban J connectivity index is 1.45. The van der Waals surface area contributed by atoms with Crippen LogP contribution in [0.3, 0.4) is 0 Å². The summed E-state index contributed by atoms with van der Waals surface area (Å²) >= 11 is 0. The van der Waals surface area contributed by atoms with Gasteiger partial charge >= 0.3 is 15.2 Å². The fraction of sp³-hybridized carbons (Fsp3) is 0.0714. The molecule has 13 heteroatoms. The fourth-order valence-electron chi connectivity index (χ4n) is 4.61. The number of carbonyl (C=O) groups is 2. The van der Waals surface area contributed by atoms with Crippen LogP contribution in [0.15, 0.2) is 84.9 Å². The van der Waals surface area contributed by atoms with E-state index in [0.717, 1.165) is 21.8 Å². The predicted molar refractivity (Wildman–Crippen MR) is 157 cm³/mol. The third-order valence-electron chi connectivity index (χ3n) is 6.63. The number of aromatic nitrogens is 1. The van der Waals surface area contributed by atoms with Crippen molar-refractivity contribution >= 4 is 70.8 Å². The quantitative estimate of drug-likeness (QED) is 0.154. The monoisotopic (exact) mass is 593 g/mol. The zero-order valence-electron chi connectivity index (χ0n) is 21.6. The van der Waals surface area contributed by atoms with Crippen LogP contribution >= 0.6 is 15.2 Å². The minimum atomic E-state index is -4.39. The lowest BCUT2D eigenvalue weighted by molar-refractivity contribution is 0.101. The van der Waals surface area contributed by atoms with Crippen LogP contribution in [0.2, 0.25) is 0 Å². The van der Waals surface area contributed by atoms with Crippen molar-refractivity contribution < 1.29 is 38.3 Å². The molecule has 0 aliphatic heterocycles. The molecule has 11 nitrogen and oxygen atoms in total. The summed E-state index contributed by atoms with van der Waals surface area (Å²) in [6.45, 7) is 2.64. The SMILES string of the molecule is CCn1c2ccc(C(=O)Nc3ccc(P(=O)(O)O)cc3)cc2c2cc(C(=O)Nc3ccc(P(=O)(O)O)cc3)ccc21. The highest BCUT2D eigenvalue weighted by molar-refractivity contribution is 7.60. The van der Waals surface area contributed by atoms with E-state index in [1.54, 1.807) is 24.3 Å². The number of benzene rings is 4. The van der Waals surface area contributed by atoms with Gasteiger partial charge in [0, 0.05) is 50.9 Å². The highest BCUT2D eigenvalue weighted by Gasteiger charge is 2.19. The van der Waals surface area contributed by atoms with E-state index in [0.29, 0.717) is 29.0 Å². The van der Waals surface area contributed by atoms with E-state index in [1.807, 2.05) is 19.1 Å². The molecule has 0 saturated carbocycles. The van der Waals surface area contributed by atoms with Crippen molar-refractivity contribution in [3.63, 3.8) is 0 Å². The van der Waals surface area contributed by atoms with Gasteiger partial charge in [0.05, 0.1) is 10.6 Å². The van der Waals surface area contributed by atoms with E-state index in [-0.39, 0.29) is 10.6 Å². The largest absolute Gasteiger partial charge is 0.356 e. The van der Waals surface area contributed by atoms with E-state index in [2.05, 4.69) is 15.2 Å². The second kappa shape index (κ2) is 10.7. The minimum absolute atomic E-state index is 0.151. The number of rotatable bonds is 7. The highest BCUT2D eigenvalue weighted by Crippen LogP contribution is 2.35. The molecule has 0 spiro atoms. The molecule has 0 atom stereocenters. The predicted octanol–water partition coefficient (Wildman–Crippen LogP) is 3.93. The topological polar surface area (TPSA) is 178 Å². The molecule has 4 aromatic carbocycles. The van der Waals surface area contributed by atoms with Gasteiger partial charge in [-0.1, -0.05) is 0 Å². The number of anilines is 2. The van der Waals surface area contributed by atoms with Crippen molar-refractivity contribution in [2.45, 2.75) is 13.5 Å².